The number of carbonyl (C=O) groups is 1. The van der Waals surface area contributed by atoms with Crippen molar-refractivity contribution in [1.82, 2.24) is 9.55 Å². The molecule has 1 aromatic heterocycles. The van der Waals surface area contributed by atoms with E-state index in [2.05, 4.69) is 6.92 Å². The standard InChI is InChI=1S/C18H28FN3O7/c1-2-3-4-5-6-7-12(23)28-9-11-14(24)15(25)13(20)17(29-11)22-8-10(19)16(26)21-18(22)27/h8,11,13-15,17,24-25H,2-7,9,20H2,1H3,(H,21,26,27). The summed E-state index contributed by atoms with van der Waals surface area (Å²) < 4.78 is 24.9. The van der Waals surface area contributed by atoms with E-state index >= 15 is 0 Å². The van der Waals surface area contributed by atoms with Gasteiger partial charge in [-0.05, 0) is 6.42 Å². The molecule has 5 N–H and O–H groups in total. The van der Waals surface area contributed by atoms with Gasteiger partial charge in [0.05, 0.1) is 12.2 Å². The van der Waals surface area contributed by atoms with E-state index in [-0.39, 0.29) is 13.0 Å². The van der Waals surface area contributed by atoms with Crippen LogP contribution in [0.3, 0.4) is 0 Å². The Bertz CT molecular complexity index is 796. The maximum atomic E-state index is 13.6. The Hall–Kier alpha value is -2.08. The first-order valence-electron chi connectivity index (χ1n) is 9.70. The summed E-state index contributed by atoms with van der Waals surface area (Å²) in [6.07, 6.45) is 0.0249. The topological polar surface area (TPSA) is 157 Å². The maximum Gasteiger partial charge on any atom is 0.330 e. The van der Waals surface area contributed by atoms with E-state index in [4.69, 9.17) is 15.2 Å². The third-order valence-electron chi connectivity index (χ3n) is 4.86. The lowest BCUT2D eigenvalue weighted by Gasteiger charge is -2.41. The summed E-state index contributed by atoms with van der Waals surface area (Å²) in [5.41, 5.74) is 3.60. The van der Waals surface area contributed by atoms with Gasteiger partial charge in [-0.2, -0.15) is 4.39 Å². The van der Waals surface area contributed by atoms with Crippen LogP contribution < -0.4 is 17.0 Å². The number of nitrogens with two attached hydrogens (primary N) is 1. The number of halogens is 1. The highest BCUT2D eigenvalue weighted by molar-refractivity contribution is 5.69. The summed E-state index contributed by atoms with van der Waals surface area (Å²) in [4.78, 5) is 36.8. The van der Waals surface area contributed by atoms with Crippen LogP contribution in [0, 0.1) is 5.82 Å². The average Bonchev–Trinajstić information content (AvgIpc) is 2.68. The molecule has 5 atom stereocenters. The molecule has 1 aliphatic heterocycles. The van der Waals surface area contributed by atoms with Crippen molar-refractivity contribution in [2.75, 3.05) is 6.61 Å². The summed E-state index contributed by atoms with van der Waals surface area (Å²) in [5.74, 6) is -1.72. The second-order valence-electron chi connectivity index (χ2n) is 7.11. The van der Waals surface area contributed by atoms with Gasteiger partial charge in [-0.15, -0.1) is 0 Å². The van der Waals surface area contributed by atoms with Crippen molar-refractivity contribution >= 4 is 5.97 Å². The fourth-order valence-corrected chi connectivity index (χ4v) is 3.13. The van der Waals surface area contributed by atoms with E-state index in [0.717, 1.165) is 25.7 Å². The number of H-pyrrole nitrogens is 1. The minimum Gasteiger partial charge on any atom is -0.463 e. The first-order valence-corrected chi connectivity index (χ1v) is 9.70. The minimum absolute atomic E-state index is 0.211. The van der Waals surface area contributed by atoms with Crippen LogP contribution in [-0.2, 0) is 14.3 Å². The van der Waals surface area contributed by atoms with Gasteiger partial charge in [0, 0.05) is 6.42 Å². The Kier molecular flexibility index (Phi) is 8.50. The van der Waals surface area contributed by atoms with E-state index in [1.807, 2.05) is 0 Å². The van der Waals surface area contributed by atoms with Crippen molar-refractivity contribution in [3.8, 4) is 0 Å². The Morgan fingerprint density at radius 1 is 1.28 bits per heavy atom. The van der Waals surface area contributed by atoms with Gasteiger partial charge < -0.3 is 25.4 Å². The highest BCUT2D eigenvalue weighted by Gasteiger charge is 2.44. The first-order chi connectivity index (χ1) is 13.8. The SMILES string of the molecule is CCCCCCCC(=O)OCC1OC(n2cc(F)c(=O)[nH]c2=O)C(N)C(O)C1O. The van der Waals surface area contributed by atoms with Crippen LogP contribution in [0.5, 0.6) is 0 Å². The van der Waals surface area contributed by atoms with Gasteiger partial charge in [0.15, 0.2) is 6.23 Å². The molecule has 0 aliphatic carbocycles. The fourth-order valence-electron chi connectivity index (χ4n) is 3.13. The molecule has 0 bridgehead atoms. The van der Waals surface area contributed by atoms with E-state index in [9.17, 15) is 29.0 Å². The lowest BCUT2D eigenvalue weighted by atomic mass is 9.96. The summed E-state index contributed by atoms with van der Waals surface area (Å²) in [7, 11) is 0. The average molecular weight is 417 g/mol. The first kappa shape index (κ1) is 23.2. The molecule has 0 radical (unpaired) electrons. The van der Waals surface area contributed by atoms with Gasteiger partial charge in [0.25, 0.3) is 5.56 Å². The van der Waals surface area contributed by atoms with Crippen molar-refractivity contribution in [3.05, 3.63) is 32.9 Å². The number of nitrogens with zero attached hydrogens (tertiary/aromatic N) is 1. The molecule has 2 rings (SSSR count). The summed E-state index contributed by atoms with van der Waals surface area (Å²) >= 11 is 0. The Labute approximate surface area is 166 Å². The molecule has 10 nitrogen and oxygen atoms in total. The molecule has 0 saturated carbocycles. The quantitative estimate of drug-likeness (QED) is 0.310. The second-order valence-corrected chi connectivity index (χ2v) is 7.11. The molecule has 2 heterocycles. The number of rotatable bonds is 9. The van der Waals surface area contributed by atoms with Crippen LogP contribution in [0.25, 0.3) is 0 Å². The van der Waals surface area contributed by atoms with Gasteiger partial charge >= 0.3 is 11.7 Å². The molecule has 0 aromatic carbocycles. The number of aromatic amines is 1. The predicted molar refractivity (Wildman–Crippen MR) is 99.5 cm³/mol. The Balaban J connectivity index is 2.00. The van der Waals surface area contributed by atoms with Crippen molar-refractivity contribution in [2.45, 2.75) is 76.0 Å². The third-order valence-corrected chi connectivity index (χ3v) is 4.86. The second kappa shape index (κ2) is 10.6. The molecule has 1 saturated heterocycles. The van der Waals surface area contributed by atoms with Gasteiger partial charge in [-0.25, -0.2) is 4.79 Å². The number of ether oxygens (including phenoxy) is 2. The van der Waals surface area contributed by atoms with Crippen molar-refractivity contribution < 1.29 is 28.9 Å². The van der Waals surface area contributed by atoms with Crippen LogP contribution in [-0.4, -0.2) is 56.7 Å². The Morgan fingerprint density at radius 3 is 2.66 bits per heavy atom. The van der Waals surface area contributed by atoms with Crippen molar-refractivity contribution in [2.24, 2.45) is 5.73 Å². The van der Waals surface area contributed by atoms with E-state index in [1.54, 1.807) is 4.98 Å². The van der Waals surface area contributed by atoms with Crippen LogP contribution >= 0.6 is 0 Å². The number of carbonyl (C=O) groups excluding carboxylic acids is 1. The smallest absolute Gasteiger partial charge is 0.330 e. The van der Waals surface area contributed by atoms with Gasteiger partial charge in [0.1, 0.15) is 24.9 Å². The van der Waals surface area contributed by atoms with Gasteiger partial charge in [-0.1, -0.05) is 32.6 Å². The van der Waals surface area contributed by atoms with E-state index in [0.29, 0.717) is 17.2 Å². The van der Waals surface area contributed by atoms with Crippen LogP contribution in [0.15, 0.2) is 15.8 Å². The zero-order valence-electron chi connectivity index (χ0n) is 16.3. The third kappa shape index (κ3) is 5.95. The number of esters is 1. The molecule has 1 aliphatic rings. The number of nitrogens with one attached hydrogen (secondary N) is 1. The molecule has 0 amide bonds. The Morgan fingerprint density at radius 2 is 1.97 bits per heavy atom. The lowest BCUT2D eigenvalue weighted by molar-refractivity contribution is -0.216. The van der Waals surface area contributed by atoms with Gasteiger partial charge in [0.2, 0.25) is 5.82 Å². The number of aliphatic hydroxyl groups is 2. The molecular formula is C18H28FN3O7. The lowest BCUT2D eigenvalue weighted by Crippen LogP contribution is -2.61. The van der Waals surface area contributed by atoms with Crippen LogP contribution in [0.1, 0.15) is 51.7 Å². The number of hydrogen-bond donors (Lipinski definition) is 4. The minimum atomic E-state index is -1.53. The monoisotopic (exact) mass is 417 g/mol. The predicted octanol–water partition coefficient (Wildman–Crippen LogP) is -0.474. The molecule has 11 heteroatoms. The van der Waals surface area contributed by atoms with Crippen molar-refractivity contribution in [1.29, 1.82) is 0 Å². The van der Waals surface area contributed by atoms with Gasteiger partial charge in [-0.3, -0.25) is 19.1 Å². The summed E-state index contributed by atoms with van der Waals surface area (Å²) in [5, 5.41) is 20.3. The normalized spacial score (nSPS) is 27.0. The van der Waals surface area contributed by atoms with Crippen LogP contribution in [0.4, 0.5) is 4.39 Å². The zero-order valence-corrected chi connectivity index (χ0v) is 16.3. The molecule has 5 unspecified atom stereocenters. The molecule has 164 valence electrons. The molecule has 1 fully saturated rings. The van der Waals surface area contributed by atoms with Crippen molar-refractivity contribution in [3.63, 3.8) is 0 Å². The van der Waals surface area contributed by atoms with Crippen LogP contribution in [0.2, 0.25) is 0 Å². The largest absolute Gasteiger partial charge is 0.463 e. The highest BCUT2D eigenvalue weighted by atomic mass is 19.1. The van der Waals surface area contributed by atoms with E-state index < -0.39 is 53.6 Å². The number of aliphatic hydroxyl groups excluding tert-OH is 2. The fraction of sp³-hybridized carbons (Fsp3) is 0.722. The summed E-state index contributed by atoms with van der Waals surface area (Å²) in [6.45, 7) is 1.71. The zero-order chi connectivity index (χ0) is 21.6. The number of unbranched alkanes of at least 4 members (excludes halogenated alkanes) is 4. The maximum absolute atomic E-state index is 13.6. The highest BCUT2D eigenvalue weighted by Crippen LogP contribution is 2.26. The molecule has 1 aromatic rings. The summed E-state index contributed by atoms with van der Waals surface area (Å²) in [6, 6.07) is -1.29. The number of hydrogen-bond acceptors (Lipinski definition) is 8. The number of aromatic nitrogens is 2. The molecule has 29 heavy (non-hydrogen) atoms. The van der Waals surface area contributed by atoms with E-state index in [1.165, 1.54) is 0 Å². The molecule has 0 spiro atoms. The molecular weight excluding hydrogens is 389 g/mol.